The van der Waals surface area contributed by atoms with E-state index in [0.29, 0.717) is 40.8 Å². The van der Waals surface area contributed by atoms with Crippen molar-refractivity contribution in [2.75, 3.05) is 0 Å². The van der Waals surface area contributed by atoms with Crippen molar-refractivity contribution in [2.24, 2.45) is 0 Å². The number of nitrogens with zero attached hydrogens (tertiary/aromatic N) is 5. The molecule has 0 radical (unpaired) electrons. The molecular formula is C21H18FN5O2S. The first-order chi connectivity index (χ1) is 14.7. The molecular weight excluding hydrogens is 405 g/mol. The molecule has 2 aromatic heterocycles. The van der Waals surface area contributed by atoms with Crippen molar-refractivity contribution < 1.29 is 13.5 Å². The third kappa shape index (κ3) is 4.74. The minimum Gasteiger partial charge on any atom is -0.486 e. The second kappa shape index (κ2) is 9.36. The predicted octanol–water partition coefficient (Wildman–Crippen LogP) is 4.52. The zero-order valence-electron chi connectivity index (χ0n) is 15.9. The highest BCUT2D eigenvalue weighted by Crippen LogP contribution is 2.24. The summed E-state index contributed by atoms with van der Waals surface area (Å²) in [4.78, 5) is 0. The van der Waals surface area contributed by atoms with Gasteiger partial charge in [-0.3, -0.25) is 4.57 Å². The van der Waals surface area contributed by atoms with Crippen LogP contribution in [0.25, 0.3) is 11.5 Å². The molecule has 0 fully saturated rings. The van der Waals surface area contributed by atoms with Gasteiger partial charge in [0.25, 0.3) is 0 Å². The maximum Gasteiger partial charge on any atom is 0.247 e. The van der Waals surface area contributed by atoms with Gasteiger partial charge in [-0.15, -0.1) is 27.0 Å². The van der Waals surface area contributed by atoms with E-state index in [1.165, 1.54) is 23.9 Å². The van der Waals surface area contributed by atoms with Gasteiger partial charge in [-0.25, -0.2) is 4.39 Å². The van der Waals surface area contributed by atoms with E-state index in [-0.39, 0.29) is 12.4 Å². The van der Waals surface area contributed by atoms with Crippen LogP contribution in [0.4, 0.5) is 4.39 Å². The van der Waals surface area contributed by atoms with E-state index in [9.17, 15) is 4.39 Å². The molecule has 0 aliphatic rings. The number of thioether (sulfide) groups is 1. The molecule has 2 aromatic carbocycles. The zero-order chi connectivity index (χ0) is 20.8. The Balaban J connectivity index is 1.42. The van der Waals surface area contributed by atoms with Gasteiger partial charge in [-0.05, 0) is 36.4 Å². The minimum absolute atomic E-state index is 0.200. The summed E-state index contributed by atoms with van der Waals surface area (Å²) in [6.45, 7) is 4.52. The highest BCUT2D eigenvalue weighted by Gasteiger charge is 2.15. The van der Waals surface area contributed by atoms with Crippen LogP contribution in [0.1, 0.15) is 11.7 Å². The second-order valence-electron chi connectivity index (χ2n) is 6.20. The summed E-state index contributed by atoms with van der Waals surface area (Å²) in [5.74, 6) is 2.30. The number of aromatic nitrogens is 5. The Hall–Kier alpha value is -3.46. The fraction of sp³-hybridized carbons (Fsp3) is 0.143. The standard InChI is InChI=1S/C21H18FN5O2S/c1-2-12-27-18(13-28-17-10-8-16(22)9-11-17)23-26-21(27)30-14-19-24-25-20(29-19)15-6-4-3-5-7-15/h2-11H,1,12-14H2. The maximum absolute atomic E-state index is 13.0. The van der Waals surface area contributed by atoms with E-state index in [1.54, 1.807) is 18.2 Å². The molecule has 0 saturated heterocycles. The topological polar surface area (TPSA) is 78.9 Å². The number of ether oxygens (including phenoxy) is 1. The summed E-state index contributed by atoms with van der Waals surface area (Å²) in [5.41, 5.74) is 0.872. The summed E-state index contributed by atoms with van der Waals surface area (Å²) in [7, 11) is 0. The number of rotatable bonds is 9. The maximum atomic E-state index is 13.0. The Morgan fingerprint density at radius 3 is 2.60 bits per heavy atom. The van der Waals surface area contributed by atoms with Gasteiger partial charge in [0.2, 0.25) is 11.8 Å². The van der Waals surface area contributed by atoms with Crippen molar-refractivity contribution in [3.8, 4) is 17.2 Å². The van der Waals surface area contributed by atoms with Crippen molar-refractivity contribution in [1.82, 2.24) is 25.0 Å². The molecule has 0 N–H and O–H groups in total. The van der Waals surface area contributed by atoms with E-state index in [4.69, 9.17) is 9.15 Å². The van der Waals surface area contributed by atoms with Gasteiger partial charge in [0, 0.05) is 12.1 Å². The highest BCUT2D eigenvalue weighted by molar-refractivity contribution is 7.98. The number of benzene rings is 2. The van der Waals surface area contributed by atoms with Crippen molar-refractivity contribution in [2.45, 2.75) is 24.1 Å². The lowest BCUT2D eigenvalue weighted by Gasteiger charge is -2.08. The molecule has 152 valence electrons. The number of halogens is 1. The number of hydrogen-bond acceptors (Lipinski definition) is 7. The van der Waals surface area contributed by atoms with Gasteiger partial charge in [-0.2, -0.15) is 0 Å². The van der Waals surface area contributed by atoms with E-state index >= 15 is 0 Å². The molecule has 9 heteroatoms. The van der Waals surface area contributed by atoms with Crippen LogP contribution in [0.3, 0.4) is 0 Å². The van der Waals surface area contributed by atoms with Crippen molar-refractivity contribution in [3.63, 3.8) is 0 Å². The lowest BCUT2D eigenvalue weighted by Crippen LogP contribution is -2.07. The molecule has 0 bridgehead atoms. The van der Waals surface area contributed by atoms with Gasteiger partial charge in [-0.1, -0.05) is 36.0 Å². The minimum atomic E-state index is -0.313. The first kappa shape index (κ1) is 19.8. The second-order valence-corrected chi connectivity index (χ2v) is 7.14. The van der Waals surface area contributed by atoms with Crippen molar-refractivity contribution in [3.05, 3.63) is 84.8 Å². The van der Waals surface area contributed by atoms with E-state index in [1.807, 2.05) is 34.9 Å². The van der Waals surface area contributed by atoms with Crippen LogP contribution in [0, 0.1) is 5.82 Å². The fourth-order valence-electron chi connectivity index (χ4n) is 2.66. The van der Waals surface area contributed by atoms with Crippen molar-refractivity contribution >= 4 is 11.8 Å². The number of hydrogen-bond donors (Lipinski definition) is 0. The molecule has 0 amide bonds. The fourth-order valence-corrected chi connectivity index (χ4v) is 3.46. The Bertz CT molecular complexity index is 1110. The van der Waals surface area contributed by atoms with Crippen LogP contribution >= 0.6 is 11.8 Å². The normalized spacial score (nSPS) is 10.8. The molecule has 30 heavy (non-hydrogen) atoms. The van der Waals surface area contributed by atoms with Gasteiger partial charge < -0.3 is 9.15 Å². The van der Waals surface area contributed by atoms with Crippen LogP contribution in [0.2, 0.25) is 0 Å². The van der Waals surface area contributed by atoms with Crippen LogP contribution in [-0.2, 0) is 18.9 Å². The largest absolute Gasteiger partial charge is 0.486 e. The molecule has 4 aromatic rings. The molecule has 7 nitrogen and oxygen atoms in total. The van der Waals surface area contributed by atoms with E-state index in [0.717, 1.165) is 5.56 Å². The lowest BCUT2D eigenvalue weighted by molar-refractivity contribution is 0.288. The molecule has 2 heterocycles. The SMILES string of the molecule is C=CCn1c(COc2ccc(F)cc2)nnc1SCc1nnc(-c2ccccc2)o1. The molecule has 0 spiro atoms. The first-order valence-electron chi connectivity index (χ1n) is 9.15. The zero-order valence-corrected chi connectivity index (χ0v) is 16.8. The van der Waals surface area contributed by atoms with Gasteiger partial charge >= 0.3 is 0 Å². The lowest BCUT2D eigenvalue weighted by atomic mass is 10.2. The molecule has 0 aliphatic heterocycles. The molecule has 0 saturated carbocycles. The molecule has 0 aliphatic carbocycles. The molecule has 0 unspecified atom stereocenters. The Labute approximate surface area is 176 Å². The van der Waals surface area contributed by atoms with E-state index < -0.39 is 0 Å². The molecule has 4 rings (SSSR count). The summed E-state index contributed by atoms with van der Waals surface area (Å²) in [6.07, 6.45) is 1.76. The van der Waals surface area contributed by atoms with Crippen LogP contribution in [-0.4, -0.2) is 25.0 Å². The van der Waals surface area contributed by atoms with Gasteiger partial charge in [0.1, 0.15) is 18.2 Å². The van der Waals surface area contributed by atoms with Crippen LogP contribution in [0.15, 0.2) is 76.8 Å². The Kier molecular flexibility index (Phi) is 6.19. The summed E-state index contributed by atoms with van der Waals surface area (Å²) in [6, 6.07) is 15.4. The van der Waals surface area contributed by atoms with Crippen molar-refractivity contribution in [1.29, 1.82) is 0 Å². The van der Waals surface area contributed by atoms with Crippen LogP contribution < -0.4 is 4.74 Å². The molecule has 0 atom stereocenters. The quantitative estimate of drug-likeness (QED) is 0.289. The van der Waals surface area contributed by atoms with Gasteiger partial charge in [0.05, 0.1) is 5.75 Å². The third-order valence-corrected chi connectivity index (χ3v) is 5.05. The predicted molar refractivity (Wildman–Crippen MR) is 110 cm³/mol. The highest BCUT2D eigenvalue weighted by atomic mass is 32.2. The monoisotopic (exact) mass is 423 g/mol. The van der Waals surface area contributed by atoms with Crippen LogP contribution in [0.5, 0.6) is 5.75 Å². The Morgan fingerprint density at radius 1 is 1.03 bits per heavy atom. The van der Waals surface area contributed by atoms with E-state index in [2.05, 4.69) is 27.0 Å². The summed E-state index contributed by atoms with van der Waals surface area (Å²) >= 11 is 1.43. The smallest absolute Gasteiger partial charge is 0.247 e. The number of allylic oxidation sites excluding steroid dienone is 1. The first-order valence-corrected chi connectivity index (χ1v) is 10.1. The average molecular weight is 423 g/mol. The van der Waals surface area contributed by atoms with Gasteiger partial charge in [0.15, 0.2) is 11.0 Å². The average Bonchev–Trinajstić information content (AvgIpc) is 3.40. The third-order valence-electron chi connectivity index (χ3n) is 4.10. The summed E-state index contributed by atoms with van der Waals surface area (Å²) < 4.78 is 26.4. The summed E-state index contributed by atoms with van der Waals surface area (Å²) in [5, 5.41) is 17.3. The Morgan fingerprint density at radius 2 is 1.83 bits per heavy atom.